The van der Waals surface area contributed by atoms with Gasteiger partial charge in [-0.3, -0.25) is 14.4 Å². The summed E-state index contributed by atoms with van der Waals surface area (Å²) in [4.78, 5) is 38.7. The van der Waals surface area contributed by atoms with Gasteiger partial charge in [0.25, 0.3) is 16.8 Å². The molecule has 1 aliphatic rings. The average molecular weight is 462 g/mol. The molecule has 1 atom stereocenters. The smallest absolute Gasteiger partial charge is 0.257 e. The molecule has 34 heavy (non-hydrogen) atoms. The summed E-state index contributed by atoms with van der Waals surface area (Å²) in [6.45, 7) is 6.25. The lowest BCUT2D eigenvalue weighted by molar-refractivity contribution is 0.0824. The number of amides is 1. The maximum absolute atomic E-state index is 12.6. The molecular weight excluding hydrogens is 430 g/mol. The van der Waals surface area contributed by atoms with Gasteiger partial charge in [-0.2, -0.15) is 0 Å². The number of hydrogen-bond donors (Lipinski definition) is 3. The summed E-state index contributed by atoms with van der Waals surface area (Å²) in [6.07, 6.45) is 3.29. The molecule has 0 radical (unpaired) electrons. The van der Waals surface area contributed by atoms with E-state index in [0.717, 1.165) is 24.8 Å². The first-order chi connectivity index (χ1) is 16.0. The number of fused-ring (bicyclic) bond motifs is 1. The van der Waals surface area contributed by atoms with Crippen molar-refractivity contribution in [2.24, 2.45) is 5.41 Å². The first kappa shape index (κ1) is 23.5. The highest BCUT2D eigenvalue weighted by molar-refractivity contribution is 5.99. The highest BCUT2D eigenvalue weighted by Crippen LogP contribution is 2.39. The molecule has 0 heterocycles. The molecule has 7 nitrogen and oxygen atoms in total. The van der Waals surface area contributed by atoms with E-state index < -0.39 is 10.9 Å². The lowest BCUT2D eigenvalue weighted by Crippen LogP contribution is -2.39. The van der Waals surface area contributed by atoms with Gasteiger partial charge in [0.15, 0.2) is 5.75 Å². The number of benzene rings is 2. The Morgan fingerprint density at radius 3 is 2.35 bits per heavy atom. The van der Waals surface area contributed by atoms with Crippen LogP contribution < -0.4 is 21.5 Å². The number of rotatable bonds is 6. The largest absolute Gasteiger partial charge is 0.505 e. The van der Waals surface area contributed by atoms with Crippen LogP contribution in [-0.2, 0) is 12.8 Å². The predicted octanol–water partition coefficient (Wildman–Crippen LogP) is 4.12. The van der Waals surface area contributed by atoms with E-state index in [-0.39, 0.29) is 45.7 Å². The second-order valence-electron chi connectivity index (χ2n) is 10.3. The number of carbonyl (C=O) groups excluding carboxylic acids is 1. The predicted molar refractivity (Wildman–Crippen MR) is 135 cm³/mol. The van der Waals surface area contributed by atoms with E-state index in [1.807, 2.05) is 0 Å². The van der Waals surface area contributed by atoms with Gasteiger partial charge in [0.05, 0.1) is 17.3 Å². The number of nitrogens with one attached hydrogen (secondary N) is 2. The summed E-state index contributed by atoms with van der Waals surface area (Å²) in [7, 11) is 3.18. The molecule has 0 saturated heterocycles. The molecule has 1 aliphatic carbocycles. The zero-order valence-corrected chi connectivity index (χ0v) is 20.3. The number of phenols is 1. The van der Waals surface area contributed by atoms with Gasteiger partial charge in [0.1, 0.15) is 11.4 Å². The number of para-hydroxylation sites is 1. The molecule has 3 aromatic rings. The monoisotopic (exact) mass is 461 g/mol. The van der Waals surface area contributed by atoms with Crippen LogP contribution in [0.25, 0.3) is 0 Å². The zero-order valence-electron chi connectivity index (χ0n) is 20.3. The number of anilines is 3. The van der Waals surface area contributed by atoms with E-state index in [1.165, 1.54) is 22.1 Å². The van der Waals surface area contributed by atoms with E-state index in [4.69, 9.17) is 0 Å². The van der Waals surface area contributed by atoms with Crippen LogP contribution in [0.2, 0.25) is 0 Å². The lowest BCUT2D eigenvalue weighted by Gasteiger charge is -2.34. The van der Waals surface area contributed by atoms with E-state index in [9.17, 15) is 19.5 Å². The fourth-order valence-corrected chi connectivity index (χ4v) is 4.56. The Bertz CT molecular complexity index is 1330. The van der Waals surface area contributed by atoms with Gasteiger partial charge >= 0.3 is 0 Å². The van der Waals surface area contributed by atoms with E-state index >= 15 is 0 Å². The number of carbonyl (C=O) groups is 1. The van der Waals surface area contributed by atoms with Crippen LogP contribution in [0.4, 0.5) is 17.1 Å². The molecule has 3 N–H and O–H groups in total. The van der Waals surface area contributed by atoms with Gasteiger partial charge in [-0.25, -0.2) is 0 Å². The highest BCUT2D eigenvalue weighted by atomic mass is 16.3. The third kappa shape index (κ3) is 4.18. The molecule has 1 unspecified atom stereocenters. The molecule has 0 spiro atoms. The maximum Gasteiger partial charge on any atom is 0.257 e. The van der Waals surface area contributed by atoms with Crippen molar-refractivity contribution in [1.29, 1.82) is 0 Å². The van der Waals surface area contributed by atoms with Crippen LogP contribution in [0.1, 0.15) is 60.3 Å². The maximum atomic E-state index is 12.6. The van der Waals surface area contributed by atoms with Crippen molar-refractivity contribution in [3.05, 3.63) is 79.1 Å². The standard InChI is InChI=1S/C27H31N3O4/c1-27(2,3)25(17-13-12-15-8-6-9-16(15)14-17)29-21-20(23(32)24(21)33)28-19-11-7-10-18(22(19)31)26(34)30(4)5/h7,10-14,25,28-29,31H,6,8-9H2,1-5H3. The first-order valence-electron chi connectivity index (χ1n) is 11.5. The summed E-state index contributed by atoms with van der Waals surface area (Å²) in [6, 6.07) is 10.9. The molecule has 0 aliphatic heterocycles. The summed E-state index contributed by atoms with van der Waals surface area (Å²) < 4.78 is 0. The Morgan fingerprint density at radius 1 is 1.00 bits per heavy atom. The molecule has 178 valence electrons. The van der Waals surface area contributed by atoms with Crippen molar-refractivity contribution < 1.29 is 9.90 Å². The number of aryl methyl sites for hydroxylation is 2. The van der Waals surface area contributed by atoms with Gasteiger partial charge in [0, 0.05) is 14.1 Å². The fourth-order valence-electron chi connectivity index (χ4n) is 4.56. The minimum atomic E-state index is -0.659. The average Bonchev–Trinajstić information content (AvgIpc) is 3.25. The molecule has 3 aromatic carbocycles. The third-order valence-electron chi connectivity index (χ3n) is 6.45. The Balaban J connectivity index is 1.67. The van der Waals surface area contributed by atoms with Crippen LogP contribution in [0, 0.1) is 5.41 Å². The summed E-state index contributed by atoms with van der Waals surface area (Å²) >= 11 is 0. The van der Waals surface area contributed by atoms with Crippen molar-refractivity contribution in [2.75, 3.05) is 24.7 Å². The van der Waals surface area contributed by atoms with Crippen LogP contribution >= 0.6 is 0 Å². The molecule has 4 rings (SSSR count). The summed E-state index contributed by atoms with van der Waals surface area (Å²) in [5.74, 6) is -0.639. The van der Waals surface area contributed by atoms with Crippen LogP contribution in [0.3, 0.4) is 0 Å². The first-order valence-corrected chi connectivity index (χ1v) is 11.5. The zero-order chi connectivity index (χ0) is 24.8. The van der Waals surface area contributed by atoms with E-state index in [0.29, 0.717) is 0 Å². The molecule has 0 aromatic heterocycles. The number of hydrogen-bond acceptors (Lipinski definition) is 6. The minimum absolute atomic E-state index is 0.0881. The van der Waals surface area contributed by atoms with E-state index in [2.05, 4.69) is 49.6 Å². The van der Waals surface area contributed by atoms with Gasteiger partial charge in [-0.05, 0) is 53.5 Å². The highest BCUT2D eigenvalue weighted by Gasteiger charge is 2.32. The molecule has 0 saturated carbocycles. The van der Waals surface area contributed by atoms with Crippen LogP contribution in [-0.4, -0.2) is 30.0 Å². The fraction of sp³-hybridized carbons (Fsp3) is 0.370. The van der Waals surface area contributed by atoms with Gasteiger partial charge in [-0.15, -0.1) is 0 Å². The van der Waals surface area contributed by atoms with Crippen molar-refractivity contribution in [3.8, 4) is 5.75 Å². The Labute approximate surface area is 199 Å². The SMILES string of the molecule is CN(C)C(=O)c1cccc(Nc2c(NC(c3ccc4c(c3)CCC4)C(C)(C)C)c(=O)c2=O)c1O. The topological polar surface area (TPSA) is 98.7 Å². The molecule has 0 bridgehead atoms. The second kappa shape index (κ2) is 8.63. The van der Waals surface area contributed by atoms with Crippen molar-refractivity contribution in [3.63, 3.8) is 0 Å². The Morgan fingerprint density at radius 2 is 1.68 bits per heavy atom. The number of nitrogens with zero attached hydrogens (tertiary/aromatic N) is 1. The molecule has 0 fully saturated rings. The summed E-state index contributed by atoms with van der Waals surface area (Å²) in [5, 5.41) is 16.8. The molecular formula is C27H31N3O4. The quantitative estimate of drug-likeness (QED) is 0.377. The Kier molecular flexibility index (Phi) is 5.98. The van der Waals surface area contributed by atoms with Gasteiger partial charge < -0.3 is 20.6 Å². The second-order valence-corrected chi connectivity index (χ2v) is 10.3. The number of aromatic hydroxyl groups is 1. The Hall–Kier alpha value is -3.61. The molecule has 1 amide bonds. The molecule has 7 heteroatoms. The number of phenolic OH excluding ortho intramolecular Hbond substituents is 1. The van der Waals surface area contributed by atoms with Crippen molar-refractivity contribution in [1.82, 2.24) is 4.90 Å². The third-order valence-corrected chi connectivity index (χ3v) is 6.45. The van der Waals surface area contributed by atoms with Gasteiger partial charge in [0.2, 0.25) is 0 Å². The lowest BCUT2D eigenvalue weighted by atomic mass is 9.81. The summed E-state index contributed by atoms with van der Waals surface area (Å²) in [5.41, 5.74) is 2.84. The van der Waals surface area contributed by atoms with Crippen molar-refractivity contribution >= 4 is 23.0 Å². The van der Waals surface area contributed by atoms with Crippen LogP contribution in [0.5, 0.6) is 5.75 Å². The normalized spacial score (nSPS) is 14.0. The van der Waals surface area contributed by atoms with Crippen LogP contribution in [0.15, 0.2) is 46.0 Å². The van der Waals surface area contributed by atoms with Crippen molar-refractivity contribution in [2.45, 2.75) is 46.1 Å². The van der Waals surface area contributed by atoms with E-state index in [1.54, 1.807) is 26.2 Å². The van der Waals surface area contributed by atoms with Gasteiger partial charge in [-0.1, -0.05) is 45.0 Å². The minimum Gasteiger partial charge on any atom is -0.505 e.